The number of rotatable bonds is 6. The van der Waals surface area contributed by atoms with Gasteiger partial charge in [-0.25, -0.2) is 5.43 Å². The maximum atomic E-state index is 12.7. The summed E-state index contributed by atoms with van der Waals surface area (Å²) >= 11 is 1.46. The summed E-state index contributed by atoms with van der Waals surface area (Å²) in [6.07, 6.45) is 5.01. The molecule has 2 heterocycles. The van der Waals surface area contributed by atoms with Crippen molar-refractivity contribution in [3.8, 4) is 0 Å². The molecule has 148 valence electrons. The first-order valence-electron chi connectivity index (χ1n) is 9.22. The molecule has 0 radical (unpaired) electrons. The Morgan fingerprint density at radius 3 is 2.57 bits per heavy atom. The van der Waals surface area contributed by atoms with Crippen molar-refractivity contribution in [3.63, 3.8) is 0 Å². The summed E-state index contributed by atoms with van der Waals surface area (Å²) in [5.74, 6) is -0.877. The Kier molecular flexibility index (Phi) is 5.82. The number of aromatic nitrogens is 1. The van der Waals surface area contributed by atoms with Gasteiger partial charge in [-0.1, -0.05) is 42.5 Å². The van der Waals surface area contributed by atoms with E-state index in [-0.39, 0.29) is 11.6 Å². The molecule has 4 aromatic rings. The topological polar surface area (TPSA) is 86.3 Å². The molecule has 0 atom stereocenters. The van der Waals surface area contributed by atoms with E-state index >= 15 is 0 Å². The van der Waals surface area contributed by atoms with Gasteiger partial charge in [-0.2, -0.15) is 5.10 Å². The minimum Gasteiger partial charge on any atom is -0.361 e. The largest absolute Gasteiger partial charge is 0.361 e. The number of carbonyl (C=O) groups is 2. The number of para-hydroxylation sites is 1. The van der Waals surface area contributed by atoms with E-state index in [1.165, 1.54) is 11.3 Å². The fourth-order valence-corrected chi connectivity index (χ4v) is 3.54. The number of carbonyl (C=O) groups excluding carboxylic acids is 2. The van der Waals surface area contributed by atoms with Crippen LogP contribution in [-0.2, 0) is 4.79 Å². The molecule has 0 spiro atoms. The van der Waals surface area contributed by atoms with Crippen LogP contribution in [0.3, 0.4) is 0 Å². The molecule has 6 nitrogen and oxygen atoms in total. The fraction of sp³-hybridized carbons (Fsp3) is 0. The highest BCUT2D eigenvalue weighted by Crippen LogP contribution is 2.16. The van der Waals surface area contributed by atoms with Gasteiger partial charge in [0.15, 0.2) is 0 Å². The Morgan fingerprint density at radius 1 is 0.967 bits per heavy atom. The highest BCUT2D eigenvalue weighted by molar-refractivity contribution is 7.10. The molecule has 0 bridgehead atoms. The normalized spacial score (nSPS) is 11.7. The average Bonchev–Trinajstić information content (AvgIpc) is 3.44. The van der Waals surface area contributed by atoms with E-state index in [0.717, 1.165) is 21.3 Å². The maximum absolute atomic E-state index is 12.7. The Hall–Kier alpha value is -3.97. The number of aromatic amines is 1. The second-order valence-corrected chi connectivity index (χ2v) is 7.36. The molecule has 0 saturated heterocycles. The lowest BCUT2D eigenvalue weighted by Crippen LogP contribution is -2.32. The molecule has 7 heteroatoms. The van der Waals surface area contributed by atoms with Crippen molar-refractivity contribution in [2.24, 2.45) is 5.10 Å². The third-order valence-electron chi connectivity index (χ3n) is 4.35. The quantitative estimate of drug-likeness (QED) is 0.251. The summed E-state index contributed by atoms with van der Waals surface area (Å²) in [4.78, 5) is 29.2. The number of fused-ring (bicyclic) bond motifs is 1. The van der Waals surface area contributed by atoms with E-state index in [4.69, 9.17) is 0 Å². The van der Waals surface area contributed by atoms with Gasteiger partial charge in [-0.15, -0.1) is 11.3 Å². The Labute approximate surface area is 177 Å². The predicted molar refractivity (Wildman–Crippen MR) is 120 cm³/mol. The average molecular weight is 414 g/mol. The molecular formula is C23H18N4O2S. The first kappa shape index (κ1) is 19.4. The predicted octanol–water partition coefficient (Wildman–Crippen LogP) is 4.15. The Morgan fingerprint density at radius 2 is 1.77 bits per heavy atom. The molecule has 0 unspecified atom stereocenters. The summed E-state index contributed by atoms with van der Waals surface area (Å²) in [7, 11) is 0. The summed E-state index contributed by atoms with van der Waals surface area (Å²) in [5, 5.41) is 9.64. The molecule has 0 saturated carbocycles. The summed E-state index contributed by atoms with van der Waals surface area (Å²) in [6, 6.07) is 20.3. The van der Waals surface area contributed by atoms with Crippen molar-refractivity contribution < 1.29 is 9.59 Å². The molecule has 3 N–H and O–H groups in total. The minimum absolute atomic E-state index is 0.113. The van der Waals surface area contributed by atoms with E-state index < -0.39 is 5.91 Å². The van der Waals surface area contributed by atoms with Gasteiger partial charge in [0.05, 0.1) is 6.21 Å². The van der Waals surface area contributed by atoms with Crippen LogP contribution in [0, 0.1) is 0 Å². The number of H-pyrrole nitrogens is 1. The molecule has 0 aliphatic heterocycles. The molecule has 0 aliphatic rings. The van der Waals surface area contributed by atoms with Crippen molar-refractivity contribution in [1.29, 1.82) is 0 Å². The molecular weight excluding hydrogens is 396 g/mol. The second-order valence-electron chi connectivity index (χ2n) is 6.38. The number of hydrazone groups is 1. The number of amides is 2. The van der Waals surface area contributed by atoms with Crippen molar-refractivity contribution in [2.75, 3.05) is 0 Å². The van der Waals surface area contributed by atoms with Gasteiger partial charge < -0.3 is 10.3 Å². The fourth-order valence-electron chi connectivity index (χ4n) is 2.88. The highest BCUT2D eigenvalue weighted by Gasteiger charge is 2.14. The number of hydrogen-bond acceptors (Lipinski definition) is 4. The monoisotopic (exact) mass is 414 g/mol. The molecule has 30 heavy (non-hydrogen) atoms. The summed E-state index contributed by atoms with van der Waals surface area (Å²) in [6.45, 7) is 0. The van der Waals surface area contributed by atoms with E-state index in [9.17, 15) is 9.59 Å². The first-order valence-corrected chi connectivity index (χ1v) is 10.1. The van der Waals surface area contributed by atoms with E-state index in [1.807, 2.05) is 54.0 Å². The van der Waals surface area contributed by atoms with Crippen LogP contribution in [0.2, 0.25) is 0 Å². The zero-order valence-electron chi connectivity index (χ0n) is 15.8. The Bertz CT molecular complexity index is 1220. The molecule has 2 aromatic carbocycles. The van der Waals surface area contributed by atoms with Crippen molar-refractivity contribution in [1.82, 2.24) is 15.7 Å². The van der Waals surface area contributed by atoms with Crippen molar-refractivity contribution >= 4 is 46.3 Å². The zero-order chi connectivity index (χ0) is 20.8. The third kappa shape index (κ3) is 4.53. The van der Waals surface area contributed by atoms with Crippen LogP contribution in [-0.4, -0.2) is 23.0 Å². The van der Waals surface area contributed by atoms with Crippen LogP contribution >= 0.6 is 11.3 Å². The molecule has 0 fully saturated rings. The van der Waals surface area contributed by atoms with Crippen LogP contribution in [0.5, 0.6) is 0 Å². The van der Waals surface area contributed by atoms with Crippen LogP contribution < -0.4 is 10.7 Å². The standard InChI is InChI=1S/C23H18N4O2S/c28-22(16-7-2-1-3-8-16)26-21(13-18-9-6-12-30-18)23(29)27-25-15-17-14-24-20-11-5-4-10-19(17)20/h1-15,24H,(H,26,28)(H,27,29)/b21-13+,25-15-. The molecule has 4 rings (SSSR count). The number of thiophene rings is 1. The SMILES string of the molecule is O=C(N/N=C\c1c[nH]c2ccccc12)/C(=C\c1cccs1)NC(=O)c1ccccc1. The zero-order valence-corrected chi connectivity index (χ0v) is 16.6. The van der Waals surface area contributed by atoms with Crippen molar-refractivity contribution in [2.45, 2.75) is 0 Å². The first-order chi connectivity index (χ1) is 14.7. The smallest absolute Gasteiger partial charge is 0.287 e. The minimum atomic E-state index is -0.510. The van der Waals surface area contributed by atoms with Gasteiger partial charge in [-0.05, 0) is 35.7 Å². The number of benzene rings is 2. The third-order valence-corrected chi connectivity index (χ3v) is 5.17. The molecule has 2 amide bonds. The lowest BCUT2D eigenvalue weighted by atomic mass is 10.2. The van der Waals surface area contributed by atoms with E-state index in [0.29, 0.717) is 5.56 Å². The lowest BCUT2D eigenvalue weighted by molar-refractivity contribution is -0.117. The van der Waals surface area contributed by atoms with E-state index in [1.54, 1.807) is 36.6 Å². The van der Waals surface area contributed by atoms with E-state index in [2.05, 4.69) is 20.8 Å². The van der Waals surface area contributed by atoms with Gasteiger partial charge >= 0.3 is 0 Å². The lowest BCUT2D eigenvalue weighted by Gasteiger charge is -2.08. The summed E-state index contributed by atoms with van der Waals surface area (Å²) < 4.78 is 0. The number of nitrogens with zero attached hydrogens (tertiary/aromatic N) is 1. The Balaban J connectivity index is 1.51. The van der Waals surface area contributed by atoms with Gasteiger partial charge in [0.2, 0.25) is 0 Å². The molecule has 0 aliphatic carbocycles. The number of nitrogens with one attached hydrogen (secondary N) is 3. The van der Waals surface area contributed by atoms with Crippen LogP contribution in [0.4, 0.5) is 0 Å². The maximum Gasteiger partial charge on any atom is 0.287 e. The van der Waals surface area contributed by atoms with Crippen LogP contribution in [0.25, 0.3) is 17.0 Å². The van der Waals surface area contributed by atoms with Gasteiger partial charge in [-0.3, -0.25) is 9.59 Å². The van der Waals surface area contributed by atoms with Crippen molar-refractivity contribution in [3.05, 3.63) is 100 Å². The van der Waals surface area contributed by atoms with Gasteiger partial charge in [0, 0.05) is 33.1 Å². The number of hydrogen-bond donors (Lipinski definition) is 3. The van der Waals surface area contributed by atoms with Gasteiger partial charge in [0.25, 0.3) is 11.8 Å². The molecule has 2 aromatic heterocycles. The van der Waals surface area contributed by atoms with Gasteiger partial charge in [0.1, 0.15) is 5.70 Å². The second kappa shape index (κ2) is 9.02. The van der Waals surface area contributed by atoms with Crippen LogP contribution in [0.15, 0.2) is 89.1 Å². The summed E-state index contributed by atoms with van der Waals surface area (Å²) in [5.41, 5.74) is 4.90. The van der Waals surface area contributed by atoms with Crippen LogP contribution in [0.1, 0.15) is 20.8 Å². The highest BCUT2D eigenvalue weighted by atomic mass is 32.1.